The summed E-state index contributed by atoms with van der Waals surface area (Å²) >= 11 is 0. The molecule has 1 N–H and O–H groups in total. The van der Waals surface area contributed by atoms with E-state index >= 15 is 0 Å². The van der Waals surface area contributed by atoms with Crippen LogP contribution < -0.4 is 0 Å². The lowest BCUT2D eigenvalue weighted by molar-refractivity contribution is -0.137. The number of esters is 1. The maximum absolute atomic E-state index is 13.1. The van der Waals surface area contributed by atoms with Crippen molar-refractivity contribution < 1.29 is 23.8 Å². The molecule has 1 fully saturated rings. The van der Waals surface area contributed by atoms with Gasteiger partial charge < -0.3 is 14.7 Å². The third-order valence-corrected chi connectivity index (χ3v) is 3.87. The molecule has 1 aromatic carbocycles. The first kappa shape index (κ1) is 17.0. The van der Waals surface area contributed by atoms with Gasteiger partial charge in [-0.2, -0.15) is 0 Å². The van der Waals surface area contributed by atoms with Crippen LogP contribution >= 0.6 is 0 Å². The van der Waals surface area contributed by atoms with Crippen LogP contribution in [0.5, 0.6) is 0 Å². The van der Waals surface area contributed by atoms with Crippen molar-refractivity contribution in [1.29, 1.82) is 0 Å². The number of carboxylic acid groups (broad SMARTS) is 1. The quantitative estimate of drug-likeness (QED) is 0.683. The van der Waals surface area contributed by atoms with E-state index in [0.29, 0.717) is 24.2 Å². The number of rotatable bonds is 4. The van der Waals surface area contributed by atoms with Gasteiger partial charge >= 0.3 is 12.1 Å². The van der Waals surface area contributed by atoms with Gasteiger partial charge in [0, 0.05) is 25.1 Å². The average molecular weight is 321 g/mol. The minimum absolute atomic E-state index is 0.116. The number of hydrogen-bond donors (Lipinski definition) is 1. The number of halogens is 1. The fourth-order valence-electron chi connectivity index (χ4n) is 2.79. The van der Waals surface area contributed by atoms with E-state index in [9.17, 15) is 19.1 Å². The number of carbonyl (C=O) groups excluding carboxylic acids is 1. The lowest BCUT2D eigenvalue weighted by Crippen LogP contribution is -2.39. The van der Waals surface area contributed by atoms with Gasteiger partial charge in [0.05, 0.1) is 6.61 Å². The van der Waals surface area contributed by atoms with E-state index in [1.165, 1.54) is 23.1 Å². The van der Waals surface area contributed by atoms with E-state index in [4.69, 9.17) is 4.74 Å². The fraction of sp³-hybridized carbons (Fsp3) is 0.412. The zero-order chi connectivity index (χ0) is 16.8. The molecule has 1 aliphatic heterocycles. The number of ether oxygens (including phenoxy) is 1. The van der Waals surface area contributed by atoms with Crippen molar-refractivity contribution >= 4 is 17.6 Å². The summed E-state index contributed by atoms with van der Waals surface area (Å²) in [6.45, 7) is 2.79. The fourth-order valence-corrected chi connectivity index (χ4v) is 2.79. The number of nitrogens with zero attached hydrogens (tertiary/aromatic N) is 1. The maximum atomic E-state index is 13.1. The molecule has 1 heterocycles. The molecule has 5 nitrogen and oxygen atoms in total. The third kappa shape index (κ3) is 4.55. The molecule has 0 spiro atoms. The maximum Gasteiger partial charge on any atom is 0.407 e. The van der Waals surface area contributed by atoms with Gasteiger partial charge in [0.15, 0.2) is 0 Å². The van der Waals surface area contributed by atoms with E-state index in [2.05, 4.69) is 0 Å². The number of benzene rings is 1. The smallest absolute Gasteiger partial charge is 0.407 e. The third-order valence-electron chi connectivity index (χ3n) is 3.87. The highest BCUT2D eigenvalue weighted by atomic mass is 19.1. The molecular formula is C17H20FNO4. The van der Waals surface area contributed by atoms with Gasteiger partial charge in [-0.05, 0) is 43.0 Å². The first-order valence-electron chi connectivity index (χ1n) is 7.63. The molecule has 0 bridgehead atoms. The number of carbonyl (C=O) groups is 2. The lowest BCUT2D eigenvalue weighted by atomic mass is 9.86. The van der Waals surface area contributed by atoms with Crippen molar-refractivity contribution in [3.05, 3.63) is 41.7 Å². The van der Waals surface area contributed by atoms with Crippen molar-refractivity contribution in [2.75, 3.05) is 19.7 Å². The van der Waals surface area contributed by atoms with Crippen LogP contribution in [-0.2, 0) is 9.53 Å². The van der Waals surface area contributed by atoms with Crippen LogP contribution in [0.3, 0.4) is 0 Å². The molecular weight excluding hydrogens is 301 g/mol. The minimum Gasteiger partial charge on any atom is -0.465 e. The number of amides is 1. The van der Waals surface area contributed by atoms with Gasteiger partial charge in [-0.15, -0.1) is 0 Å². The summed E-state index contributed by atoms with van der Waals surface area (Å²) < 4.78 is 18.1. The van der Waals surface area contributed by atoms with Crippen LogP contribution in [-0.4, -0.2) is 41.8 Å². The van der Waals surface area contributed by atoms with E-state index in [0.717, 1.165) is 12.8 Å². The Morgan fingerprint density at radius 3 is 2.70 bits per heavy atom. The van der Waals surface area contributed by atoms with Crippen LogP contribution in [0, 0.1) is 11.7 Å². The first-order chi connectivity index (χ1) is 11.0. The van der Waals surface area contributed by atoms with Crippen LogP contribution in [0.2, 0.25) is 0 Å². The van der Waals surface area contributed by atoms with Crippen molar-refractivity contribution in [2.45, 2.75) is 19.8 Å². The molecule has 1 unspecified atom stereocenters. The normalized spacial score (nSPS) is 18.6. The second kappa shape index (κ2) is 7.76. The monoisotopic (exact) mass is 321 g/mol. The van der Waals surface area contributed by atoms with Crippen molar-refractivity contribution in [3.63, 3.8) is 0 Å². The van der Waals surface area contributed by atoms with Gasteiger partial charge in [-0.3, -0.25) is 0 Å². The summed E-state index contributed by atoms with van der Waals surface area (Å²) in [6.07, 6.45) is 1.92. The Hall–Kier alpha value is -2.37. The Balaban J connectivity index is 2.31. The Bertz CT molecular complexity index is 597. The van der Waals surface area contributed by atoms with Crippen molar-refractivity contribution in [3.8, 4) is 0 Å². The molecule has 124 valence electrons. The highest BCUT2D eigenvalue weighted by Crippen LogP contribution is 2.31. The Labute approximate surface area is 134 Å². The lowest BCUT2D eigenvalue weighted by Gasteiger charge is -2.32. The molecule has 23 heavy (non-hydrogen) atoms. The molecule has 0 radical (unpaired) electrons. The van der Waals surface area contributed by atoms with Gasteiger partial charge in [0.25, 0.3) is 0 Å². The van der Waals surface area contributed by atoms with Gasteiger partial charge in [-0.25, -0.2) is 14.0 Å². The molecule has 1 saturated heterocycles. The SMILES string of the molecule is CCOC(=O)C=C(c1ccc(F)cc1)C1CCCN(C(=O)O)C1. The Kier molecular flexibility index (Phi) is 5.73. The van der Waals surface area contributed by atoms with E-state index in [-0.39, 0.29) is 18.3 Å². The van der Waals surface area contributed by atoms with Crippen LogP contribution in [0.15, 0.2) is 30.3 Å². The Morgan fingerprint density at radius 1 is 1.39 bits per heavy atom. The van der Waals surface area contributed by atoms with Crippen LogP contribution in [0.25, 0.3) is 5.57 Å². The Morgan fingerprint density at radius 2 is 2.09 bits per heavy atom. The molecule has 0 aromatic heterocycles. The number of piperidine rings is 1. The molecule has 0 saturated carbocycles. The average Bonchev–Trinajstić information content (AvgIpc) is 2.54. The zero-order valence-electron chi connectivity index (χ0n) is 13.0. The van der Waals surface area contributed by atoms with Crippen LogP contribution in [0.1, 0.15) is 25.3 Å². The van der Waals surface area contributed by atoms with Crippen molar-refractivity contribution in [2.24, 2.45) is 5.92 Å². The van der Waals surface area contributed by atoms with E-state index in [1.807, 2.05) is 0 Å². The molecule has 1 amide bonds. The van der Waals surface area contributed by atoms with Crippen LogP contribution in [0.4, 0.5) is 9.18 Å². The molecule has 6 heteroatoms. The second-order valence-electron chi connectivity index (χ2n) is 5.43. The number of likely N-dealkylation sites (tertiary alicyclic amines) is 1. The summed E-state index contributed by atoms with van der Waals surface area (Å²) in [6, 6.07) is 5.85. The largest absolute Gasteiger partial charge is 0.465 e. The standard InChI is InChI=1S/C17H20FNO4/c1-2-23-16(20)10-15(12-5-7-14(18)8-6-12)13-4-3-9-19(11-13)17(21)22/h5-8,10,13H,2-4,9,11H2,1H3,(H,21,22). The highest BCUT2D eigenvalue weighted by Gasteiger charge is 2.27. The summed E-state index contributed by atoms with van der Waals surface area (Å²) in [4.78, 5) is 24.4. The summed E-state index contributed by atoms with van der Waals surface area (Å²) in [5.41, 5.74) is 1.39. The number of hydrogen-bond acceptors (Lipinski definition) is 3. The molecule has 0 aliphatic carbocycles. The second-order valence-corrected chi connectivity index (χ2v) is 5.43. The first-order valence-corrected chi connectivity index (χ1v) is 7.63. The van der Waals surface area contributed by atoms with E-state index < -0.39 is 12.1 Å². The molecule has 1 aromatic rings. The highest BCUT2D eigenvalue weighted by molar-refractivity contribution is 5.92. The summed E-state index contributed by atoms with van der Waals surface area (Å²) in [5, 5.41) is 9.18. The predicted molar refractivity (Wildman–Crippen MR) is 83.3 cm³/mol. The van der Waals surface area contributed by atoms with Crippen molar-refractivity contribution in [1.82, 2.24) is 4.90 Å². The van der Waals surface area contributed by atoms with Gasteiger partial charge in [-0.1, -0.05) is 12.1 Å². The molecule has 1 atom stereocenters. The van der Waals surface area contributed by atoms with Gasteiger partial charge in [0.2, 0.25) is 0 Å². The molecule has 1 aliphatic rings. The van der Waals surface area contributed by atoms with Gasteiger partial charge in [0.1, 0.15) is 5.82 Å². The molecule has 2 rings (SSSR count). The van der Waals surface area contributed by atoms with E-state index in [1.54, 1.807) is 19.1 Å². The predicted octanol–water partition coefficient (Wildman–Crippen LogP) is 3.16. The zero-order valence-corrected chi connectivity index (χ0v) is 13.0. The summed E-state index contributed by atoms with van der Waals surface area (Å²) in [5.74, 6) is -0.950. The topological polar surface area (TPSA) is 66.8 Å². The minimum atomic E-state index is -0.968. The summed E-state index contributed by atoms with van der Waals surface area (Å²) in [7, 11) is 0.